The van der Waals surface area contributed by atoms with Gasteiger partial charge in [-0.3, -0.25) is 9.59 Å². The Morgan fingerprint density at radius 1 is 0.488 bits per heavy atom. The molecule has 0 radical (unpaired) electrons. The second-order valence-electron chi connectivity index (χ2n) is 12.0. The lowest BCUT2D eigenvalue weighted by molar-refractivity contribution is -0.124. The maximum atomic E-state index is 11.8. The Hall–Kier alpha value is -1.34. The molecule has 0 bridgehead atoms. The van der Waals surface area contributed by atoms with Crippen molar-refractivity contribution in [2.24, 2.45) is 5.41 Å². The van der Waals surface area contributed by atoms with E-state index >= 15 is 0 Å². The van der Waals surface area contributed by atoms with Crippen LogP contribution in [-0.2, 0) is 42.7 Å². The predicted molar refractivity (Wildman–Crippen MR) is 159 cm³/mol. The zero-order valence-electron chi connectivity index (χ0n) is 26.8. The second kappa shape index (κ2) is 26.3. The van der Waals surface area contributed by atoms with E-state index in [1.165, 1.54) is 6.42 Å². The fraction of sp³-hybridized carbons (Fsp3) is 0.933. The molecule has 0 atom stereocenters. The molecule has 11 heteroatoms. The molecule has 2 amide bonds. The number of carbonyl (C=O) groups excluding carboxylic acids is 2. The summed E-state index contributed by atoms with van der Waals surface area (Å²) < 4.78 is 38.1. The van der Waals surface area contributed by atoms with Gasteiger partial charge in [-0.15, -0.1) is 0 Å². The van der Waals surface area contributed by atoms with Gasteiger partial charge < -0.3 is 43.8 Å². The first kappa shape index (κ1) is 39.7. The maximum absolute atomic E-state index is 11.8. The summed E-state index contributed by atoms with van der Waals surface area (Å²) in [5.41, 5.74) is 0.127. The van der Waals surface area contributed by atoms with Crippen molar-refractivity contribution < 1.29 is 42.7 Å². The normalized spacial score (nSPS) is 12.0. The fourth-order valence-electron chi connectivity index (χ4n) is 3.33. The van der Waals surface area contributed by atoms with Crippen LogP contribution in [0.25, 0.3) is 0 Å². The Kier molecular flexibility index (Phi) is 25.4. The Labute approximate surface area is 249 Å². The zero-order valence-corrected chi connectivity index (χ0v) is 26.8. The number of hydrogen-bond donors (Lipinski definition) is 2. The van der Waals surface area contributed by atoms with Gasteiger partial charge in [-0.1, -0.05) is 27.2 Å². The summed E-state index contributed by atoms with van der Waals surface area (Å²) in [6, 6.07) is 0. The highest BCUT2D eigenvalue weighted by molar-refractivity contribution is 5.76. The lowest BCUT2D eigenvalue weighted by atomic mass is 9.90. The van der Waals surface area contributed by atoms with Gasteiger partial charge in [0.05, 0.1) is 92.5 Å². The molecule has 0 aromatic heterocycles. The van der Waals surface area contributed by atoms with Gasteiger partial charge in [0.1, 0.15) is 0 Å². The molecule has 0 fully saturated rings. The number of ether oxygens (including phenoxy) is 7. The second-order valence-corrected chi connectivity index (χ2v) is 12.0. The van der Waals surface area contributed by atoms with Gasteiger partial charge in [0, 0.05) is 24.9 Å². The number of unbranched alkanes of at least 4 members (excludes halogenated alkanes) is 1. The summed E-state index contributed by atoms with van der Waals surface area (Å²) in [5.74, 6) is 0.0193. The van der Waals surface area contributed by atoms with Crippen molar-refractivity contribution in [3.05, 3.63) is 0 Å². The molecule has 0 saturated heterocycles. The van der Waals surface area contributed by atoms with Crippen LogP contribution in [0.2, 0.25) is 0 Å². The molecular formula is C30H60N2O9. The summed E-state index contributed by atoms with van der Waals surface area (Å²) in [5, 5.41) is 5.83. The third-order valence-corrected chi connectivity index (χ3v) is 5.37. The molecule has 11 nitrogen and oxygen atoms in total. The fourth-order valence-corrected chi connectivity index (χ4v) is 3.33. The Bertz CT molecular complexity index is 622. The molecule has 0 aromatic carbocycles. The van der Waals surface area contributed by atoms with Gasteiger partial charge in [0.15, 0.2) is 0 Å². The van der Waals surface area contributed by atoms with Crippen LogP contribution in [0.15, 0.2) is 0 Å². The lowest BCUT2D eigenvalue weighted by Gasteiger charge is -2.20. The Morgan fingerprint density at radius 3 is 1.17 bits per heavy atom. The van der Waals surface area contributed by atoms with E-state index in [1.54, 1.807) is 0 Å². The molecule has 0 unspecified atom stereocenters. The predicted octanol–water partition coefficient (Wildman–Crippen LogP) is 3.13. The zero-order chi connectivity index (χ0) is 30.7. The average Bonchev–Trinajstić information content (AvgIpc) is 2.87. The molecule has 0 rings (SSSR count). The molecule has 0 aliphatic heterocycles. The number of rotatable bonds is 28. The highest BCUT2D eigenvalue weighted by atomic mass is 16.6. The number of nitrogens with one attached hydrogen (secondary N) is 2. The molecule has 0 aromatic rings. The van der Waals surface area contributed by atoms with Gasteiger partial charge in [-0.25, -0.2) is 0 Å². The largest absolute Gasteiger partial charge is 0.379 e. The van der Waals surface area contributed by atoms with Gasteiger partial charge in [-0.2, -0.15) is 0 Å². The molecule has 2 N–H and O–H groups in total. The molecule has 0 aliphatic carbocycles. The van der Waals surface area contributed by atoms with Crippen molar-refractivity contribution in [1.29, 1.82) is 0 Å². The summed E-state index contributed by atoms with van der Waals surface area (Å²) >= 11 is 0. The van der Waals surface area contributed by atoms with Gasteiger partial charge in [0.2, 0.25) is 11.8 Å². The van der Waals surface area contributed by atoms with Crippen molar-refractivity contribution in [1.82, 2.24) is 10.6 Å². The number of amides is 2. The first-order chi connectivity index (χ1) is 19.5. The van der Waals surface area contributed by atoms with E-state index in [0.29, 0.717) is 111 Å². The molecule has 0 saturated carbocycles. The highest BCUT2D eigenvalue weighted by Crippen LogP contribution is 2.21. The van der Waals surface area contributed by atoms with Gasteiger partial charge >= 0.3 is 0 Å². The molecule has 0 spiro atoms. The van der Waals surface area contributed by atoms with E-state index in [0.717, 1.165) is 19.4 Å². The standard InChI is InChI=1S/C30H60N2O9/c1-29(2,3)11-7-8-12-31-27(33)9-13-35-15-17-37-19-21-39-23-25-41-26-24-40-22-20-38-18-16-36-14-10-28(34)32-30(4,5)6/h7-26H2,1-6H3,(H,31,33)(H,32,34). The Morgan fingerprint density at radius 2 is 0.829 bits per heavy atom. The van der Waals surface area contributed by atoms with E-state index in [4.69, 9.17) is 33.2 Å². The van der Waals surface area contributed by atoms with Crippen LogP contribution in [0.4, 0.5) is 0 Å². The van der Waals surface area contributed by atoms with Crippen molar-refractivity contribution in [2.75, 3.05) is 99.0 Å². The van der Waals surface area contributed by atoms with Gasteiger partial charge in [0.25, 0.3) is 0 Å². The molecule has 41 heavy (non-hydrogen) atoms. The van der Waals surface area contributed by atoms with Crippen LogP contribution in [-0.4, -0.2) is 116 Å². The smallest absolute Gasteiger partial charge is 0.222 e. The quantitative estimate of drug-likeness (QED) is 0.132. The SMILES string of the molecule is CC(C)(C)CCCCNC(=O)CCOCCOCCOCCOCCOCCOCCOCCC(=O)NC(C)(C)C. The third-order valence-electron chi connectivity index (χ3n) is 5.37. The van der Waals surface area contributed by atoms with Crippen LogP contribution < -0.4 is 10.6 Å². The molecular weight excluding hydrogens is 532 g/mol. The van der Waals surface area contributed by atoms with E-state index in [9.17, 15) is 9.59 Å². The van der Waals surface area contributed by atoms with Crippen molar-refractivity contribution in [2.45, 2.75) is 79.2 Å². The number of carbonyl (C=O) groups is 2. The highest BCUT2D eigenvalue weighted by Gasteiger charge is 2.13. The van der Waals surface area contributed by atoms with Crippen molar-refractivity contribution >= 4 is 11.8 Å². The monoisotopic (exact) mass is 592 g/mol. The van der Waals surface area contributed by atoms with Crippen LogP contribution >= 0.6 is 0 Å². The molecule has 0 aliphatic rings. The van der Waals surface area contributed by atoms with E-state index in [1.807, 2.05) is 20.8 Å². The summed E-state index contributed by atoms with van der Waals surface area (Å²) in [6.07, 6.45) is 4.02. The summed E-state index contributed by atoms with van der Waals surface area (Å²) in [4.78, 5) is 23.4. The topological polar surface area (TPSA) is 123 Å². The van der Waals surface area contributed by atoms with Gasteiger partial charge in [-0.05, 0) is 39.0 Å². The minimum absolute atomic E-state index is 0.0145. The van der Waals surface area contributed by atoms with Crippen molar-refractivity contribution in [3.8, 4) is 0 Å². The molecule has 244 valence electrons. The lowest BCUT2D eigenvalue weighted by Crippen LogP contribution is -2.40. The summed E-state index contributed by atoms with van der Waals surface area (Å²) in [7, 11) is 0. The van der Waals surface area contributed by atoms with Crippen LogP contribution in [0.1, 0.15) is 73.6 Å². The van der Waals surface area contributed by atoms with E-state index in [2.05, 4.69) is 31.4 Å². The minimum Gasteiger partial charge on any atom is -0.379 e. The first-order valence-corrected chi connectivity index (χ1v) is 15.1. The van der Waals surface area contributed by atoms with Crippen LogP contribution in [0, 0.1) is 5.41 Å². The van der Waals surface area contributed by atoms with E-state index < -0.39 is 0 Å². The Balaban J connectivity index is 3.20. The van der Waals surface area contributed by atoms with Crippen LogP contribution in [0.3, 0.4) is 0 Å². The number of hydrogen-bond acceptors (Lipinski definition) is 9. The summed E-state index contributed by atoms with van der Waals surface area (Å²) in [6.45, 7) is 19.8. The minimum atomic E-state index is -0.222. The van der Waals surface area contributed by atoms with E-state index in [-0.39, 0.29) is 17.4 Å². The first-order valence-electron chi connectivity index (χ1n) is 15.1. The maximum Gasteiger partial charge on any atom is 0.222 e. The van der Waals surface area contributed by atoms with Crippen LogP contribution in [0.5, 0.6) is 0 Å². The molecule has 0 heterocycles. The third kappa shape index (κ3) is 34.8. The average molecular weight is 593 g/mol. The van der Waals surface area contributed by atoms with Crippen molar-refractivity contribution in [3.63, 3.8) is 0 Å².